The highest BCUT2D eigenvalue weighted by Gasteiger charge is 2.20. The second-order valence-electron chi connectivity index (χ2n) is 9.42. The molecule has 1 fully saturated rings. The molecular weight excluding hydrogens is 465 g/mol. The SMILES string of the molecule is CC(C)(C)c1cc(NC(=O)c2ccc(F)c(Nc3ncnc4cnc(N5CCOCC5)nc34)c2)[nH]n1. The monoisotopic (exact) mass is 491 g/mol. The van der Waals surface area contributed by atoms with Gasteiger partial charge in [0.25, 0.3) is 5.91 Å². The van der Waals surface area contributed by atoms with E-state index in [1.807, 2.05) is 25.7 Å². The lowest BCUT2D eigenvalue weighted by molar-refractivity contribution is 0.102. The van der Waals surface area contributed by atoms with Crippen molar-refractivity contribution in [1.82, 2.24) is 30.1 Å². The number of aromatic amines is 1. The Hall–Kier alpha value is -4.19. The molecule has 3 aromatic heterocycles. The molecule has 4 heterocycles. The van der Waals surface area contributed by atoms with Gasteiger partial charge in [-0.2, -0.15) is 5.10 Å². The van der Waals surface area contributed by atoms with Crippen LogP contribution in [0.1, 0.15) is 36.8 Å². The number of nitrogens with one attached hydrogen (secondary N) is 3. The predicted octanol–water partition coefficient (Wildman–Crippen LogP) is 3.41. The third-order valence-corrected chi connectivity index (χ3v) is 5.73. The molecule has 0 radical (unpaired) electrons. The lowest BCUT2D eigenvalue weighted by atomic mass is 9.92. The minimum Gasteiger partial charge on any atom is -0.378 e. The van der Waals surface area contributed by atoms with Crippen LogP contribution in [0, 0.1) is 5.82 Å². The fraction of sp³-hybridized carbons (Fsp3) is 0.333. The van der Waals surface area contributed by atoms with E-state index in [9.17, 15) is 9.18 Å². The van der Waals surface area contributed by atoms with Crippen molar-refractivity contribution in [2.45, 2.75) is 26.2 Å². The van der Waals surface area contributed by atoms with Gasteiger partial charge in [-0.25, -0.2) is 24.3 Å². The Balaban J connectivity index is 1.40. The number of ether oxygens (including phenoxy) is 1. The van der Waals surface area contributed by atoms with E-state index in [0.29, 0.717) is 54.9 Å². The minimum absolute atomic E-state index is 0.0779. The molecule has 0 unspecified atom stereocenters. The summed E-state index contributed by atoms with van der Waals surface area (Å²) in [5, 5.41) is 12.8. The molecule has 3 N–H and O–H groups in total. The Morgan fingerprint density at radius 2 is 1.94 bits per heavy atom. The number of hydrogen-bond donors (Lipinski definition) is 3. The number of H-pyrrole nitrogens is 1. The van der Waals surface area contributed by atoms with Crippen LogP contribution in [0.5, 0.6) is 0 Å². The third-order valence-electron chi connectivity index (χ3n) is 5.73. The largest absolute Gasteiger partial charge is 0.378 e. The van der Waals surface area contributed by atoms with Gasteiger partial charge in [-0.15, -0.1) is 0 Å². The summed E-state index contributed by atoms with van der Waals surface area (Å²) in [6, 6.07) is 5.83. The molecule has 5 rings (SSSR count). The summed E-state index contributed by atoms with van der Waals surface area (Å²) >= 11 is 0. The number of halogens is 1. The number of anilines is 4. The molecule has 36 heavy (non-hydrogen) atoms. The molecule has 1 aromatic carbocycles. The lowest BCUT2D eigenvalue weighted by Crippen LogP contribution is -2.37. The fourth-order valence-electron chi connectivity index (χ4n) is 3.71. The van der Waals surface area contributed by atoms with Crippen LogP contribution >= 0.6 is 0 Å². The van der Waals surface area contributed by atoms with Crippen molar-refractivity contribution >= 4 is 40.2 Å². The first-order chi connectivity index (χ1) is 17.3. The van der Waals surface area contributed by atoms with E-state index < -0.39 is 11.7 Å². The van der Waals surface area contributed by atoms with Gasteiger partial charge in [-0.05, 0) is 18.2 Å². The number of benzene rings is 1. The molecule has 12 heteroatoms. The highest BCUT2D eigenvalue weighted by atomic mass is 19.1. The maximum atomic E-state index is 14.7. The number of aromatic nitrogens is 6. The molecule has 0 atom stereocenters. The van der Waals surface area contributed by atoms with Crippen molar-refractivity contribution < 1.29 is 13.9 Å². The van der Waals surface area contributed by atoms with E-state index in [-0.39, 0.29) is 16.7 Å². The number of carbonyl (C=O) groups is 1. The quantitative estimate of drug-likeness (QED) is 0.384. The van der Waals surface area contributed by atoms with Gasteiger partial charge >= 0.3 is 0 Å². The Labute approximate surface area is 206 Å². The molecule has 186 valence electrons. The maximum Gasteiger partial charge on any atom is 0.256 e. The lowest BCUT2D eigenvalue weighted by Gasteiger charge is -2.26. The zero-order valence-electron chi connectivity index (χ0n) is 20.2. The summed E-state index contributed by atoms with van der Waals surface area (Å²) < 4.78 is 20.1. The number of hydrogen-bond acceptors (Lipinski definition) is 9. The minimum atomic E-state index is -0.544. The number of morpholine rings is 1. The summed E-state index contributed by atoms with van der Waals surface area (Å²) in [4.78, 5) is 32.3. The van der Waals surface area contributed by atoms with E-state index >= 15 is 0 Å². The molecule has 0 aliphatic carbocycles. The standard InChI is InChI=1S/C24H26FN9O2/c1-24(2,3)18-11-19(33-32-18)30-22(35)14-4-5-15(25)16(10-14)29-21-20-17(27-13-28-21)12-26-23(31-20)34-6-8-36-9-7-34/h4-5,10-13H,6-9H2,1-3H3,(H,27,28,29)(H2,30,32,33,35). The van der Waals surface area contributed by atoms with Crippen molar-refractivity contribution in [1.29, 1.82) is 0 Å². The van der Waals surface area contributed by atoms with Gasteiger partial charge in [0, 0.05) is 30.1 Å². The van der Waals surface area contributed by atoms with Crippen LogP contribution in [0.3, 0.4) is 0 Å². The summed E-state index contributed by atoms with van der Waals surface area (Å²) in [5.74, 6) is 0.324. The van der Waals surface area contributed by atoms with Crippen LogP contribution < -0.4 is 15.5 Å². The van der Waals surface area contributed by atoms with Crippen molar-refractivity contribution in [3.63, 3.8) is 0 Å². The van der Waals surface area contributed by atoms with Crippen LogP contribution in [-0.4, -0.2) is 62.3 Å². The first-order valence-corrected chi connectivity index (χ1v) is 11.5. The molecule has 1 aliphatic heterocycles. The van der Waals surface area contributed by atoms with Crippen molar-refractivity contribution in [2.24, 2.45) is 0 Å². The van der Waals surface area contributed by atoms with Crippen LogP contribution in [-0.2, 0) is 10.2 Å². The molecule has 1 amide bonds. The maximum absolute atomic E-state index is 14.7. The Kier molecular flexibility index (Phi) is 6.18. The van der Waals surface area contributed by atoms with E-state index in [0.717, 1.165) is 5.69 Å². The first kappa shape index (κ1) is 23.5. The Bertz CT molecular complexity index is 1410. The molecule has 0 bridgehead atoms. The topological polar surface area (TPSA) is 134 Å². The number of fused-ring (bicyclic) bond motifs is 1. The summed E-state index contributed by atoms with van der Waals surface area (Å²) in [5.41, 5.74) is 1.93. The van der Waals surface area contributed by atoms with E-state index in [1.165, 1.54) is 24.5 Å². The second kappa shape index (κ2) is 9.46. The van der Waals surface area contributed by atoms with Gasteiger partial charge in [0.2, 0.25) is 5.95 Å². The normalized spacial score (nSPS) is 14.2. The average molecular weight is 492 g/mol. The molecule has 0 saturated carbocycles. The van der Waals surface area contributed by atoms with Crippen LogP contribution in [0.25, 0.3) is 11.0 Å². The molecule has 1 saturated heterocycles. The molecule has 1 aliphatic rings. The summed E-state index contributed by atoms with van der Waals surface area (Å²) in [6.07, 6.45) is 2.96. The van der Waals surface area contributed by atoms with Gasteiger partial charge in [0.05, 0.1) is 30.8 Å². The van der Waals surface area contributed by atoms with Crippen molar-refractivity contribution in [2.75, 3.05) is 41.8 Å². The predicted molar refractivity (Wildman–Crippen MR) is 133 cm³/mol. The highest BCUT2D eigenvalue weighted by Crippen LogP contribution is 2.26. The fourth-order valence-corrected chi connectivity index (χ4v) is 3.71. The van der Waals surface area contributed by atoms with Gasteiger partial charge in [0.1, 0.15) is 29.0 Å². The summed E-state index contributed by atoms with van der Waals surface area (Å²) in [7, 11) is 0. The zero-order valence-corrected chi connectivity index (χ0v) is 20.2. The van der Waals surface area contributed by atoms with Crippen LogP contribution in [0.15, 0.2) is 36.8 Å². The van der Waals surface area contributed by atoms with Gasteiger partial charge < -0.3 is 20.3 Å². The van der Waals surface area contributed by atoms with Crippen LogP contribution in [0.2, 0.25) is 0 Å². The Morgan fingerprint density at radius 3 is 2.69 bits per heavy atom. The van der Waals surface area contributed by atoms with Crippen LogP contribution in [0.4, 0.5) is 27.7 Å². The van der Waals surface area contributed by atoms with Crippen molar-refractivity contribution in [3.8, 4) is 0 Å². The molecule has 4 aromatic rings. The van der Waals surface area contributed by atoms with Gasteiger partial charge in [-0.1, -0.05) is 20.8 Å². The van der Waals surface area contributed by atoms with Gasteiger partial charge in [-0.3, -0.25) is 9.89 Å². The number of carbonyl (C=O) groups excluding carboxylic acids is 1. The second-order valence-corrected chi connectivity index (χ2v) is 9.42. The van der Waals surface area contributed by atoms with Crippen molar-refractivity contribution in [3.05, 3.63) is 53.9 Å². The molecule has 11 nitrogen and oxygen atoms in total. The number of amides is 1. The molecule has 0 spiro atoms. The van der Waals surface area contributed by atoms with E-state index in [2.05, 4.69) is 40.8 Å². The molecular formula is C24H26FN9O2. The number of rotatable bonds is 5. The Morgan fingerprint density at radius 1 is 1.14 bits per heavy atom. The summed E-state index contributed by atoms with van der Waals surface area (Å²) in [6.45, 7) is 8.60. The zero-order chi connectivity index (χ0) is 25.3. The van der Waals surface area contributed by atoms with E-state index in [4.69, 9.17) is 4.74 Å². The highest BCUT2D eigenvalue weighted by molar-refractivity contribution is 6.04. The smallest absolute Gasteiger partial charge is 0.256 e. The van der Waals surface area contributed by atoms with Gasteiger partial charge in [0.15, 0.2) is 5.82 Å². The third kappa shape index (κ3) is 4.93. The number of nitrogens with zero attached hydrogens (tertiary/aromatic N) is 6. The first-order valence-electron chi connectivity index (χ1n) is 11.5. The van der Waals surface area contributed by atoms with E-state index in [1.54, 1.807) is 12.3 Å². The average Bonchev–Trinajstić information content (AvgIpc) is 3.35.